The first kappa shape index (κ1) is 17.5. The Hall–Kier alpha value is -2.27. The van der Waals surface area contributed by atoms with Crippen molar-refractivity contribution >= 4 is 5.91 Å². The number of halogens is 1. The lowest BCUT2D eigenvalue weighted by Crippen LogP contribution is -2.47. The third-order valence-electron chi connectivity index (χ3n) is 4.53. The molecule has 0 aliphatic carbocycles. The van der Waals surface area contributed by atoms with E-state index < -0.39 is 0 Å². The van der Waals surface area contributed by atoms with Gasteiger partial charge in [-0.25, -0.2) is 4.39 Å². The van der Waals surface area contributed by atoms with Crippen LogP contribution in [0.15, 0.2) is 48.8 Å². The number of hydrogen-bond acceptors (Lipinski definition) is 3. The topological polar surface area (TPSA) is 45.2 Å². The zero-order chi connectivity index (χ0) is 17.5. The molecule has 2 aromatic rings. The highest BCUT2D eigenvalue weighted by atomic mass is 19.1. The van der Waals surface area contributed by atoms with Crippen molar-refractivity contribution in [1.29, 1.82) is 0 Å². The Morgan fingerprint density at radius 1 is 1.28 bits per heavy atom. The summed E-state index contributed by atoms with van der Waals surface area (Å²) < 4.78 is 13.2. The van der Waals surface area contributed by atoms with Crippen LogP contribution in [0.4, 0.5) is 4.39 Å². The zero-order valence-corrected chi connectivity index (χ0v) is 14.3. The second-order valence-electron chi connectivity index (χ2n) is 6.63. The molecule has 3 rings (SSSR count). The van der Waals surface area contributed by atoms with Crippen molar-refractivity contribution < 1.29 is 9.18 Å². The van der Waals surface area contributed by atoms with Crippen LogP contribution in [0.2, 0.25) is 0 Å². The number of piperidine rings is 1. The summed E-state index contributed by atoms with van der Waals surface area (Å²) in [4.78, 5) is 18.7. The summed E-state index contributed by atoms with van der Waals surface area (Å²) in [5.74, 6) is -0.214. The van der Waals surface area contributed by atoms with Gasteiger partial charge in [-0.05, 0) is 55.1 Å². The number of hydrogen-bond donors (Lipinski definition) is 1. The van der Waals surface area contributed by atoms with Crippen LogP contribution < -0.4 is 5.32 Å². The molecule has 1 aromatic heterocycles. The monoisotopic (exact) mass is 341 g/mol. The molecule has 1 saturated heterocycles. The fourth-order valence-corrected chi connectivity index (χ4v) is 3.32. The van der Waals surface area contributed by atoms with E-state index in [0.29, 0.717) is 12.8 Å². The molecule has 25 heavy (non-hydrogen) atoms. The first-order valence-electron chi connectivity index (χ1n) is 8.84. The van der Waals surface area contributed by atoms with E-state index in [0.717, 1.165) is 38.0 Å². The first-order valence-corrected chi connectivity index (χ1v) is 8.84. The number of benzene rings is 1. The Kier molecular flexibility index (Phi) is 6.12. The van der Waals surface area contributed by atoms with Gasteiger partial charge in [0.15, 0.2) is 0 Å². The van der Waals surface area contributed by atoms with Gasteiger partial charge in [0.25, 0.3) is 0 Å². The van der Waals surface area contributed by atoms with Crippen LogP contribution in [0.1, 0.15) is 30.4 Å². The van der Waals surface area contributed by atoms with Gasteiger partial charge in [-0.1, -0.05) is 18.2 Å². The van der Waals surface area contributed by atoms with Crippen LogP contribution >= 0.6 is 0 Å². The van der Waals surface area contributed by atoms with Gasteiger partial charge in [-0.15, -0.1) is 0 Å². The Labute approximate surface area is 148 Å². The van der Waals surface area contributed by atoms with Crippen LogP contribution in [0.3, 0.4) is 0 Å². The first-order chi connectivity index (χ1) is 12.2. The number of pyridine rings is 1. The minimum atomic E-state index is -0.253. The SMILES string of the molecule is O=C(CCc1cccc(F)c1)N[C@H]1CCCN(Cc2cccnc2)C1. The molecule has 4 nitrogen and oxygen atoms in total. The minimum absolute atomic E-state index is 0.0393. The van der Waals surface area contributed by atoms with Crippen LogP contribution in [0.25, 0.3) is 0 Å². The highest BCUT2D eigenvalue weighted by molar-refractivity contribution is 5.76. The Morgan fingerprint density at radius 3 is 2.96 bits per heavy atom. The molecule has 1 fully saturated rings. The number of nitrogens with one attached hydrogen (secondary N) is 1. The van der Waals surface area contributed by atoms with E-state index in [-0.39, 0.29) is 17.8 Å². The molecule has 2 heterocycles. The average molecular weight is 341 g/mol. The smallest absolute Gasteiger partial charge is 0.220 e. The highest BCUT2D eigenvalue weighted by Crippen LogP contribution is 2.14. The molecule has 0 saturated carbocycles. The zero-order valence-electron chi connectivity index (χ0n) is 14.3. The average Bonchev–Trinajstić information content (AvgIpc) is 2.61. The number of amides is 1. The third-order valence-corrected chi connectivity index (χ3v) is 4.53. The van der Waals surface area contributed by atoms with Crippen molar-refractivity contribution in [2.45, 2.75) is 38.3 Å². The Bertz CT molecular complexity index is 692. The molecule has 0 radical (unpaired) electrons. The molecular weight excluding hydrogens is 317 g/mol. The summed E-state index contributed by atoms with van der Waals surface area (Å²) in [6.45, 7) is 2.77. The third kappa shape index (κ3) is 5.64. The van der Waals surface area contributed by atoms with Gasteiger partial charge in [-0.2, -0.15) is 0 Å². The highest BCUT2D eigenvalue weighted by Gasteiger charge is 2.21. The lowest BCUT2D eigenvalue weighted by atomic mass is 10.0. The van der Waals surface area contributed by atoms with Crippen LogP contribution in [-0.2, 0) is 17.8 Å². The van der Waals surface area contributed by atoms with E-state index in [4.69, 9.17) is 0 Å². The molecule has 1 N–H and O–H groups in total. The lowest BCUT2D eigenvalue weighted by Gasteiger charge is -2.33. The fraction of sp³-hybridized carbons (Fsp3) is 0.400. The lowest BCUT2D eigenvalue weighted by molar-refractivity contribution is -0.122. The summed E-state index contributed by atoms with van der Waals surface area (Å²) in [6, 6.07) is 10.7. The number of nitrogens with zero attached hydrogens (tertiary/aromatic N) is 2. The van der Waals surface area contributed by atoms with Crippen LogP contribution in [0, 0.1) is 5.82 Å². The molecule has 1 aromatic carbocycles. The number of rotatable bonds is 6. The summed E-state index contributed by atoms with van der Waals surface area (Å²) >= 11 is 0. The molecule has 1 atom stereocenters. The summed E-state index contributed by atoms with van der Waals surface area (Å²) in [5.41, 5.74) is 2.05. The van der Waals surface area contributed by atoms with Crippen molar-refractivity contribution in [2.24, 2.45) is 0 Å². The molecule has 0 spiro atoms. The van der Waals surface area contributed by atoms with Crippen molar-refractivity contribution in [3.8, 4) is 0 Å². The number of carbonyl (C=O) groups is 1. The van der Waals surface area contributed by atoms with Crippen LogP contribution in [-0.4, -0.2) is 34.9 Å². The van der Waals surface area contributed by atoms with Crippen molar-refractivity contribution in [2.75, 3.05) is 13.1 Å². The van der Waals surface area contributed by atoms with Gasteiger partial charge in [0, 0.05) is 37.9 Å². The van der Waals surface area contributed by atoms with Crippen molar-refractivity contribution in [1.82, 2.24) is 15.2 Å². The standard InChI is InChI=1S/C20H24FN3O/c21-18-6-1-4-16(12-18)8-9-20(25)23-19-7-3-11-24(15-19)14-17-5-2-10-22-13-17/h1-2,4-6,10,12-13,19H,3,7-9,11,14-15H2,(H,23,25)/t19-/m0/s1. The largest absolute Gasteiger partial charge is 0.352 e. The molecule has 132 valence electrons. The molecule has 0 bridgehead atoms. The summed E-state index contributed by atoms with van der Waals surface area (Å²) in [6.07, 6.45) is 6.71. The molecule has 1 aliphatic heterocycles. The maximum Gasteiger partial charge on any atom is 0.220 e. The number of aromatic nitrogens is 1. The maximum atomic E-state index is 13.2. The quantitative estimate of drug-likeness (QED) is 0.879. The van der Waals surface area contributed by atoms with E-state index in [1.165, 1.54) is 17.7 Å². The molecule has 1 amide bonds. The molecule has 1 aliphatic rings. The van der Waals surface area contributed by atoms with Gasteiger partial charge < -0.3 is 5.32 Å². The predicted molar refractivity (Wildman–Crippen MR) is 95.4 cm³/mol. The second kappa shape index (κ2) is 8.72. The molecule has 0 unspecified atom stereocenters. The molecule has 5 heteroatoms. The van der Waals surface area contributed by atoms with Crippen molar-refractivity contribution in [3.63, 3.8) is 0 Å². The molecular formula is C20H24FN3O. The van der Waals surface area contributed by atoms with Crippen molar-refractivity contribution in [3.05, 3.63) is 65.7 Å². The van der Waals surface area contributed by atoms with E-state index in [1.54, 1.807) is 12.3 Å². The number of aryl methyl sites for hydroxylation is 1. The van der Waals surface area contributed by atoms with Gasteiger partial charge in [0.2, 0.25) is 5.91 Å². The second-order valence-corrected chi connectivity index (χ2v) is 6.63. The number of carbonyl (C=O) groups excluding carboxylic acids is 1. The fourth-order valence-electron chi connectivity index (χ4n) is 3.32. The van der Waals surface area contributed by atoms with E-state index in [1.807, 2.05) is 18.3 Å². The van der Waals surface area contributed by atoms with Gasteiger partial charge in [-0.3, -0.25) is 14.7 Å². The maximum absolute atomic E-state index is 13.2. The summed E-state index contributed by atoms with van der Waals surface area (Å²) in [7, 11) is 0. The summed E-state index contributed by atoms with van der Waals surface area (Å²) in [5, 5.41) is 3.13. The van der Waals surface area contributed by atoms with E-state index in [9.17, 15) is 9.18 Å². The minimum Gasteiger partial charge on any atom is -0.352 e. The Balaban J connectivity index is 1.44. The van der Waals surface area contributed by atoms with Crippen LogP contribution in [0.5, 0.6) is 0 Å². The number of likely N-dealkylation sites (tertiary alicyclic amines) is 1. The normalized spacial score (nSPS) is 18.0. The van der Waals surface area contributed by atoms with Gasteiger partial charge in [0.05, 0.1) is 0 Å². The van der Waals surface area contributed by atoms with Gasteiger partial charge in [0.1, 0.15) is 5.82 Å². The Morgan fingerprint density at radius 2 is 2.16 bits per heavy atom. The van der Waals surface area contributed by atoms with Gasteiger partial charge >= 0.3 is 0 Å². The van der Waals surface area contributed by atoms with E-state index >= 15 is 0 Å². The van der Waals surface area contributed by atoms with E-state index in [2.05, 4.69) is 21.3 Å². The predicted octanol–water partition coefficient (Wildman–Crippen LogP) is 2.93.